The standard InChI is InChI=1S/C16H21N3O7S/c1-8-15(9(2)18-17-8)27(21,22)19-12-10(16(20)26-6)7-11(23-3)13(24-4)14(12)25-5/h7,19H,1-6H3,(H,17,18). The average molecular weight is 399 g/mol. The number of H-pyrrole nitrogens is 1. The molecule has 0 atom stereocenters. The Kier molecular flexibility index (Phi) is 5.84. The Balaban J connectivity index is 2.76. The molecule has 148 valence electrons. The monoisotopic (exact) mass is 399 g/mol. The molecule has 1 heterocycles. The molecule has 27 heavy (non-hydrogen) atoms. The molecule has 11 heteroatoms. The number of ether oxygens (including phenoxy) is 4. The number of anilines is 1. The minimum absolute atomic E-state index is 0.0281. The summed E-state index contributed by atoms with van der Waals surface area (Å²) in [5.74, 6) is -0.522. The molecule has 0 aliphatic rings. The number of nitrogens with zero attached hydrogens (tertiary/aromatic N) is 1. The van der Waals surface area contributed by atoms with E-state index in [0.717, 1.165) is 0 Å². The van der Waals surface area contributed by atoms with E-state index in [1.165, 1.54) is 34.5 Å². The Morgan fingerprint density at radius 2 is 1.70 bits per heavy atom. The summed E-state index contributed by atoms with van der Waals surface area (Å²) < 4.78 is 48.8. The van der Waals surface area contributed by atoms with Crippen molar-refractivity contribution in [2.24, 2.45) is 0 Å². The van der Waals surface area contributed by atoms with Crippen molar-refractivity contribution in [2.75, 3.05) is 33.2 Å². The fourth-order valence-corrected chi connectivity index (χ4v) is 4.11. The van der Waals surface area contributed by atoms with E-state index in [1.54, 1.807) is 13.8 Å². The van der Waals surface area contributed by atoms with Crippen LogP contribution in [-0.2, 0) is 14.8 Å². The Morgan fingerprint density at radius 3 is 2.15 bits per heavy atom. The third-order valence-corrected chi connectivity index (χ3v) is 5.41. The molecule has 0 bridgehead atoms. The maximum atomic E-state index is 12.9. The number of rotatable bonds is 7. The number of carbonyl (C=O) groups is 1. The van der Waals surface area contributed by atoms with E-state index < -0.39 is 16.0 Å². The highest BCUT2D eigenvalue weighted by atomic mass is 32.2. The molecule has 2 rings (SSSR count). The first-order chi connectivity index (χ1) is 12.7. The van der Waals surface area contributed by atoms with Gasteiger partial charge in [0.15, 0.2) is 11.5 Å². The highest BCUT2D eigenvalue weighted by Gasteiger charge is 2.30. The second-order valence-electron chi connectivity index (χ2n) is 5.43. The van der Waals surface area contributed by atoms with Gasteiger partial charge in [-0.1, -0.05) is 0 Å². The van der Waals surface area contributed by atoms with Crippen LogP contribution in [0.1, 0.15) is 21.7 Å². The van der Waals surface area contributed by atoms with Gasteiger partial charge in [0.2, 0.25) is 5.75 Å². The lowest BCUT2D eigenvalue weighted by molar-refractivity contribution is 0.0601. The Labute approximate surface area is 156 Å². The molecule has 0 aliphatic heterocycles. The number of hydrogen-bond acceptors (Lipinski definition) is 8. The summed E-state index contributed by atoms with van der Waals surface area (Å²) in [6.07, 6.45) is 0. The SMILES string of the molecule is COC(=O)c1cc(OC)c(OC)c(OC)c1NS(=O)(=O)c1c(C)n[nH]c1C. The van der Waals surface area contributed by atoms with Gasteiger partial charge in [0.05, 0.1) is 45.4 Å². The second-order valence-corrected chi connectivity index (χ2v) is 7.05. The van der Waals surface area contributed by atoms with Crippen molar-refractivity contribution in [2.45, 2.75) is 18.7 Å². The van der Waals surface area contributed by atoms with Crippen molar-refractivity contribution < 1.29 is 32.2 Å². The van der Waals surface area contributed by atoms with Crippen LogP contribution in [0, 0.1) is 13.8 Å². The Hall–Kier alpha value is -2.95. The highest BCUT2D eigenvalue weighted by molar-refractivity contribution is 7.92. The Morgan fingerprint density at radius 1 is 1.07 bits per heavy atom. The summed E-state index contributed by atoms with van der Waals surface area (Å²) in [5.41, 5.74) is 0.384. The maximum absolute atomic E-state index is 12.9. The van der Waals surface area contributed by atoms with Crippen molar-refractivity contribution in [1.29, 1.82) is 0 Å². The summed E-state index contributed by atoms with van der Waals surface area (Å²) in [7, 11) is 1.12. The van der Waals surface area contributed by atoms with E-state index in [4.69, 9.17) is 18.9 Å². The topological polar surface area (TPSA) is 129 Å². The van der Waals surface area contributed by atoms with Crippen molar-refractivity contribution in [1.82, 2.24) is 10.2 Å². The van der Waals surface area contributed by atoms with Crippen LogP contribution >= 0.6 is 0 Å². The largest absolute Gasteiger partial charge is 0.493 e. The molecule has 0 unspecified atom stereocenters. The van der Waals surface area contributed by atoms with E-state index in [0.29, 0.717) is 5.69 Å². The van der Waals surface area contributed by atoms with Crippen molar-refractivity contribution in [3.63, 3.8) is 0 Å². The average Bonchev–Trinajstić information content (AvgIpc) is 2.99. The lowest BCUT2D eigenvalue weighted by Gasteiger charge is -2.19. The van der Waals surface area contributed by atoms with Crippen LogP contribution in [0.3, 0.4) is 0 Å². The number of carbonyl (C=O) groups excluding carboxylic acids is 1. The smallest absolute Gasteiger partial charge is 0.340 e. The number of esters is 1. The number of aromatic nitrogens is 2. The van der Waals surface area contributed by atoms with Crippen LogP contribution in [0.25, 0.3) is 0 Å². The van der Waals surface area contributed by atoms with Gasteiger partial charge in [-0.05, 0) is 13.8 Å². The van der Waals surface area contributed by atoms with E-state index in [1.807, 2.05) is 0 Å². The van der Waals surface area contributed by atoms with E-state index in [2.05, 4.69) is 14.9 Å². The molecule has 10 nitrogen and oxygen atoms in total. The molecular formula is C16H21N3O7S. The van der Waals surface area contributed by atoms with Crippen molar-refractivity contribution >= 4 is 21.7 Å². The summed E-state index contributed by atoms with van der Waals surface area (Å²) >= 11 is 0. The second kappa shape index (κ2) is 7.74. The summed E-state index contributed by atoms with van der Waals surface area (Å²) in [5, 5.41) is 6.50. The minimum atomic E-state index is -4.10. The lowest BCUT2D eigenvalue weighted by Crippen LogP contribution is -2.18. The van der Waals surface area contributed by atoms with E-state index in [-0.39, 0.29) is 39.1 Å². The normalized spacial score (nSPS) is 11.0. The first kappa shape index (κ1) is 20.4. The molecule has 2 N–H and O–H groups in total. The first-order valence-corrected chi connectivity index (χ1v) is 9.15. The minimum Gasteiger partial charge on any atom is -0.493 e. The zero-order chi connectivity index (χ0) is 20.4. The molecule has 0 amide bonds. The number of methoxy groups -OCH3 is 4. The third kappa shape index (κ3) is 3.63. The molecule has 1 aromatic heterocycles. The molecular weight excluding hydrogens is 378 g/mol. The molecule has 0 radical (unpaired) electrons. The molecule has 1 aromatic carbocycles. The summed E-state index contributed by atoms with van der Waals surface area (Å²) in [4.78, 5) is 12.2. The number of aryl methyl sites for hydroxylation is 2. The van der Waals surface area contributed by atoms with Crippen LogP contribution in [-0.4, -0.2) is 53.0 Å². The van der Waals surface area contributed by atoms with Crippen LogP contribution < -0.4 is 18.9 Å². The third-order valence-electron chi connectivity index (χ3n) is 3.80. The number of sulfonamides is 1. The molecule has 0 spiro atoms. The maximum Gasteiger partial charge on any atom is 0.340 e. The fraction of sp³-hybridized carbons (Fsp3) is 0.375. The van der Waals surface area contributed by atoms with Gasteiger partial charge in [0.25, 0.3) is 10.0 Å². The number of aromatic amines is 1. The zero-order valence-corrected chi connectivity index (χ0v) is 16.6. The quantitative estimate of drug-likeness (QED) is 0.672. The van der Waals surface area contributed by atoms with E-state index in [9.17, 15) is 13.2 Å². The van der Waals surface area contributed by atoms with Crippen LogP contribution in [0.5, 0.6) is 17.2 Å². The van der Waals surface area contributed by atoms with Crippen LogP contribution in [0.4, 0.5) is 5.69 Å². The van der Waals surface area contributed by atoms with Crippen molar-refractivity contribution in [3.05, 3.63) is 23.0 Å². The molecule has 0 saturated heterocycles. The number of benzene rings is 1. The van der Waals surface area contributed by atoms with Gasteiger partial charge in [-0.15, -0.1) is 0 Å². The van der Waals surface area contributed by atoms with Gasteiger partial charge in [-0.3, -0.25) is 9.82 Å². The van der Waals surface area contributed by atoms with Crippen LogP contribution in [0.2, 0.25) is 0 Å². The summed E-state index contributed by atoms with van der Waals surface area (Å²) in [6, 6.07) is 1.31. The van der Waals surface area contributed by atoms with Gasteiger partial charge in [-0.25, -0.2) is 13.2 Å². The van der Waals surface area contributed by atoms with Gasteiger partial charge in [0, 0.05) is 6.07 Å². The number of hydrogen-bond donors (Lipinski definition) is 2. The van der Waals surface area contributed by atoms with Crippen molar-refractivity contribution in [3.8, 4) is 17.2 Å². The fourth-order valence-electron chi connectivity index (χ4n) is 2.65. The number of nitrogens with one attached hydrogen (secondary N) is 2. The summed E-state index contributed by atoms with van der Waals surface area (Å²) in [6.45, 7) is 3.12. The molecule has 0 saturated carbocycles. The first-order valence-electron chi connectivity index (χ1n) is 7.67. The van der Waals surface area contributed by atoms with Gasteiger partial charge >= 0.3 is 5.97 Å². The van der Waals surface area contributed by atoms with Gasteiger partial charge < -0.3 is 18.9 Å². The van der Waals surface area contributed by atoms with Gasteiger partial charge in [-0.2, -0.15) is 5.10 Å². The highest BCUT2D eigenvalue weighted by Crippen LogP contribution is 2.46. The molecule has 0 aliphatic carbocycles. The van der Waals surface area contributed by atoms with Crippen LogP contribution in [0.15, 0.2) is 11.0 Å². The Bertz CT molecular complexity index is 947. The van der Waals surface area contributed by atoms with E-state index >= 15 is 0 Å². The molecule has 2 aromatic rings. The zero-order valence-electron chi connectivity index (χ0n) is 15.8. The lowest BCUT2D eigenvalue weighted by atomic mass is 10.1. The molecule has 0 fully saturated rings. The predicted octanol–water partition coefficient (Wildman–Crippen LogP) is 1.64. The predicted molar refractivity (Wildman–Crippen MR) is 96.3 cm³/mol. The van der Waals surface area contributed by atoms with Gasteiger partial charge in [0.1, 0.15) is 10.6 Å².